The molecule has 0 fully saturated rings. The van der Waals surface area contributed by atoms with Crippen molar-refractivity contribution >= 4 is 34.9 Å². The summed E-state index contributed by atoms with van der Waals surface area (Å²) in [6.07, 6.45) is 1.68. The van der Waals surface area contributed by atoms with Crippen molar-refractivity contribution in [1.29, 1.82) is 0 Å². The molecule has 0 unspecified atom stereocenters. The molecule has 0 spiro atoms. The van der Waals surface area contributed by atoms with E-state index >= 15 is 0 Å². The number of nitrogens with one attached hydrogen (secondary N) is 2. The van der Waals surface area contributed by atoms with Crippen molar-refractivity contribution in [1.82, 2.24) is 5.32 Å². The van der Waals surface area contributed by atoms with Crippen molar-refractivity contribution in [3.05, 3.63) is 93.3 Å². The first-order chi connectivity index (χ1) is 13.0. The Balaban J connectivity index is 1.85. The molecule has 5 heteroatoms. The average Bonchev–Trinajstić information content (AvgIpc) is 3.17. The molecule has 0 bridgehead atoms. The molecule has 0 saturated heterocycles. The van der Waals surface area contributed by atoms with E-state index in [1.165, 1.54) is 11.3 Å². The first kappa shape index (κ1) is 18.6. The minimum absolute atomic E-state index is 0.200. The summed E-state index contributed by atoms with van der Waals surface area (Å²) in [5.74, 6) is -0.686. The molecule has 1 aromatic heterocycles. The van der Waals surface area contributed by atoms with Gasteiger partial charge in [-0.15, -0.1) is 11.3 Å². The van der Waals surface area contributed by atoms with Gasteiger partial charge in [0, 0.05) is 16.1 Å². The highest BCUT2D eigenvalue weighted by Gasteiger charge is 2.16. The molecule has 2 N–H and O–H groups in total. The molecule has 3 aromatic rings. The van der Waals surface area contributed by atoms with Crippen LogP contribution in [0.5, 0.6) is 0 Å². The largest absolute Gasteiger partial charge is 0.320 e. The van der Waals surface area contributed by atoms with E-state index in [0.717, 1.165) is 21.7 Å². The summed E-state index contributed by atoms with van der Waals surface area (Å²) in [6.45, 7) is 3.94. The maximum absolute atomic E-state index is 12.9. The van der Waals surface area contributed by atoms with E-state index < -0.39 is 0 Å². The normalized spacial score (nSPS) is 11.1. The number of amides is 2. The van der Waals surface area contributed by atoms with Crippen LogP contribution in [0.2, 0.25) is 0 Å². The van der Waals surface area contributed by atoms with Crippen LogP contribution in [0.25, 0.3) is 6.08 Å². The number of benzene rings is 2. The quantitative estimate of drug-likeness (QED) is 0.630. The SMILES string of the molecule is Cc1ccc(NC(=O)/C(=C\c2cccs2)NC(=O)c2ccccc2)c(C)c1. The summed E-state index contributed by atoms with van der Waals surface area (Å²) in [5.41, 5.74) is 3.50. The molecule has 0 atom stereocenters. The molecule has 0 aliphatic carbocycles. The fraction of sp³-hybridized carbons (Fsp3) is 0.0909. The third kappa shape index (κ3) is 4.92. The van der Waals surface area contributed by atoms with Crippen LogP contribution in [-0.2, 0) is 4.79 Å². The van der Waals surface area contributed by atoms with Gasteiger partial charge in [-0.2, -0.15) is 0 Å². The zero-order chi connectivity index (χ0) is 19.2. The first-order valence-corrected chi connectivity index (χ1v) is 9.41. The minimum atomic E-state index is -0.361. The fourth-order valence-electron chi connectivity index (χ4n) is 2.60. The van der Waals surface area contributed by atoms with Gasteiger partial charge in [0.2, 0.25) is 0 Å². The topological polar surface area (TPSA) is 58.2 Å². The maximum atomic E-state index is 12.9. The summed E-state index contributed by atoms with van der Waals surface area (Å²) in [5, 5.41) is 7.55. The molecule has 27 heavy (non-hydrogen) atoms. The molecule has 0 aliphatic rings. The smallest absolute Gasteiger partial charge is 0.272 e. The monoisotopic (exact) mass is 376 g/mol. The van der Waals surface area contributed by atoms with E-state index in [1.807, 2.05) is 55.6 Å². The maximum Gasteiger partial charge on any atom is 0.272 e. The third-order valence-electron chi connectivity index (χ3n) is 3.99. The second kappa shape index (κ2) is 8.47. The molecular weight excluding hydrogens is 356 g/mol. The van der Waals surface area contributed by atoms with Gasteiger partial charge in [0.25, 0.3) is 11.8 Å². The first-order valence-electron chi connectivity index (χ1n) is 8.53. The lowest BCUT2D eigenvalue weighted by Gasteiger charge is -2.13. The van der Waals surface area contributed by atoms with Crippen LogP contribution in [0.3, 0.4) is 0 Å². The van der Waals surface area contributed by atoms with E-state index in [4.69, 9.17) is 0 Å². The van der Waals surface area contributed by atoms with Crippen molar-refractivity contribution < 1.29 is 9.59 Å². The number of thiophene rings is 1. The Morgan fingerprint density at radius 3 is 2.41 bits per heavy atom. The fourth-order valence-corrected chi connectivity index (χ4v) is 3.26. The van der Waals surface area contributed by atoms with Crippen LogP contribution >= 0.6 is 11.3 Å². The van der Waals surface area contributed by atoms with Gasteiger partial charge in [0.1, 0.15) is 5.70 Å². The van der Waals surface area contributed by atoms with Crippen molar-refractivity contribution in [2.45, 2.75) is 13.8 Å². The number of rotatable bonds is 5. The van der Waals surface area contributed by atoms with Gasteiger partial charge in [-0.3, -0.25) is 9.59 Å². The lowest BCUT2D eigenvalue weighted by Crippen LogP contribution is -2.30. The van der Waals surface area contributed by atoms with Crippen LogP contribution in [0.1, 0.15) is 26.4 Å². The predicted molar refractivity (Wildman–Crippen MR) is 111 cm³/mol. The van der Waals surface area contributed by atoms with E-state index in [9.17, 15) is 9.59 Å². The van der Waals surface area contributed by atoms with Gasteiger partial charge >= 0.3 is 0 Å². The highest BCUT2D eigenvalue weighted by atomic mass is 32.1. The van der Waals surface area contributed by atoms with E-state index in [2.05, 4.69) is 10.6 Å². The van der Waals surface area contributed by atoms with Crippen LogP contribution < -0.4 is 10.6 Å². The molecule has 2 aromatic carbocycles. The summed E-state index contributed by atoms with van der Waals surface area (Å²) < 4.78 is 0. The molecular formula is C22H20N2O2S. The highest BCUT2D eigenvalue weighted by Crippen LogP contribution is 2.18. The number of anilines is 1. The van der Waals surface area contributed by atoms with Crippen molar-refractivity contribution in [2.75, 3.05) is 5.32 Å². The summed E-state index contributed by atoms with van der Waals surface area (Å²) in [6, 6.07) is 18.4. The molecule has 1 heterocycles. The molecule has 4 nitrogen and oxygen atoms in total. The molecule has 0 saturated carbocycles. The zero-order valence-corrected chi connectivity index (χ0v) is 16.0. The second-order valence-corrected chi connectivity index (χ2v) is 7.15. The molecule has 0 aliphatic heterocycles. The Morgan fingerprint density at radius 2 is 1.74 bits per heavy atom. The van der Waals surface area contributed by atoms with Crippen molar-refractivity contribution in [3.63, 3.8) is 0 Å². The Labute approximate surface area is 162 Å². The number of carbonyl (C=O) groups is 2. The van der Waals surface area contributed by atoms with Gasteiger partial charge in [-0.25, -0.2) is 0 Å². The Hall–Kier alpha value is -3.18. The number of carbonyl (C=O) groups excluding carboxylic acids is 2. The Bertz CT molecular complexity index is 977. The van der Waals surface area contributed by atoms with E-state index in [1.54, 1.807) is 30.3 Å². The minimum Gasteiger partial charge on any atom is -0.320 e. The number of aryl methyl sites for hydroxylation is 2. The Kier molecular flexibility index (Phi) is 5.84. The van der Waals surface area contributed by atoms with Crippen molar-refractivity contribution in [3.8, 4) is 0 Å². The van der Waals surface area contributed by atoms with Gasteiger partial charge < -0.3 is 10.6 Å². The molecule has 136 valence electrons. The zero-order valence-electron chi connectivity index (χ0n) is 15.2. The van der Waals surface area contributed by atoms with Gasteiger partial charge in [-0.05, 0) is 55.1 Å². The molecule has 0 radical (unpaired) electrons. The van der Waals surface area contributed by atoms with Crippen LogP contribution in [0.4, 0.5) is 5.69 Å². The summed E-state index contributed by atoms with van der Waals surface area (Å²) in [7, 11) is 0. The summed E-state index contributed by atoms with van der Waals surface area (Å²) in [4.78, 5) is 26.3. The van der Waals surface area contributed by atoms with Crippen LogP contribution in [-0.4, -0.2) is 11.8 Å². The standard InChI is InChI=1S/C22H20N2O2S/c1-15-10-11-19(16(2)13-15)23-22(26)20(14-18-9-6-12-27-18)24-21(25)17-7-4-3-5-8-17/h3-14H,1-2H3,(H,23,26)(H,24,25)/b20-14+. The Morgan fingerprint density at radius 1 is 0.963 bits per heavy atom. The van der Waals surface area contributed by atoms with E-state index in [-0.39, 0.29) is 17.5 Å². The number of hydrogen-bond acceptors (Lipinski definition) is 3. The second-order valence-electron chi connectivity index (χ2n) is 6.17. The lowest BCUT2D eigenvalue weighted by atomic mass is 10.1. The summed E-state index contributed by atoms with van der Waals surface area (Å²) >= 11 is 1.50. The average molecular weight is 376 g/mol. The molecule has 3 rings (SSSR count). The van der Waals surface area contributed by atoms with Crippen LogP contribution in [0.15, 0.2) is 71.7 Å². The van der Waals surface area contributed by atoms with Gasteiger partial charge in [0.05, 0.1) is 0 Å². The molecule has 2 amide bonds. The van der Waals surface area contributed by atoms with Crippen molar-refractivity contribution in [2.24, 2.45) is 0 Å². The highest BCUT2D eigenvalue weighted by molar-refractivity contribution is 7.10. The predicted octanol–water partition coefficient (Wildman–Crippen LogP) is 4.77. The van der Waals surface area contributed by atoms with Crippen LogP contribution in [0, 0.1) is 13.8 Å². The van der Waals surface area contributed by atoms with Gasteiger partial charge in [-0.1, -0.05) is 42.0 Å². The third-order valence-corrected chi connectivity index (χ3v) is 4.81. The van der Waals surface area contributed by atoms with Gasteiger partial charge in [0.15, 0.2) is 0 Å². The van der Waals surface area contributed by atoms with E-state index in [0.29, 0.717) is 5.56 Å². The lowest BCUT2D eigenvalue weighted by molar-refractivity contribution is -0.113. The number of hydrogen-bond donors (Lipinski definition) is 2.